The Morgan fingerprint density at radius 2 is 1.55 bits per heavy atom. The number of rotatable bonds is 3. The van der Waals surface area contributed by atoms with Crippen LogP contribution in [0.15, 0.2) is 30.6 Å². The van der Waals surface area contributed by atoms with Crippen molar-refractivity contribution in [2.45, 2.75) is 65.2 Å². The Balaban J connectivity index is 0.00000392. The highest BCUT2D eigenvalue weighted by Crippen LogP contribution is 2.42. The van der Waals surface area contributed by atoms with E-state index in [-0.39, 0.29) is 52.6 Å². The summed E-state index contributed by atoms with van der Waals surface area (Å²) in [7, 11) is 0. The zero-order valence-electron chi connectivity index (χ0n) is 17.4. The number of nitrogens with one attached hydrogen (secondary N) is 1. The molecule has 1 heterocycles. The van der Waals surface area contributed by atoms with Crippen molar-refractivity contribution >= 4 is 24.8 Å². The van der Waals surface area contributed by atoms with Crippen LogP contribution in [0.3, 0.4) is 0 Å². The molecule has 1 aromatic heterocycles. The molecule has 0 saturated carbocycles. The third-order valence-electron chi connectivity index (χ3n) is 4.28. The van der Waals surface area contributed by atoms with Gasteiger partial charge >= 0.3 is 6.18 Å². The fraction of sp³-hybridized carbons (Fsp3) is 0.476. The molecular formula is C21H29Cl2F3N2O. The molecule has 0 saturated heterocycles. The van der Waals surface area contributed by atoms with Gasteiger partial charge in [-0.05, 0) is 43.9 Å². The van der Waals surface area contributed by atoms with Gasteiger partial charge in [0.15, 0.2) is 0 Å². The summed E-state index contributed by atoms with van der Waals surface area (Å²) in [5.74, 6) is -0.142. The molecule has 0 aliphatic heterocycles. The van der Waals surface area contributed by atoms with E-state index < -0.39 is 11.7 Å². The second-order valence-corrected chi connectivity index (χ2v) is 8.80. The van der Waals surface area contributed by atoms with Crippen molar-refractivity contribution in [3.05, 3.63) is 47.3 Å². The number of pyridine rings is 1. The third-order valence-corrected chi connectivity index (χ3v) is 4.28. The van der Waals surface area contributed by atoms with E-state index in [0.717, 1.165) is 11.8 Å². The van der Waals surface area contributed by atoms with Crippen molar-refractivity contribution in [1.29, 1.82) is 0 Å². The number of phenols is 1. The van der Waals surface area contributed by atoms with E-state index in [1.54, 1.807) is 6.07 Å². The van der Waals surface area contributed by atoms with Crippen LogP contribution in [0.4, 0.5) is 13.2 Å². The van der Waals surface area contributed by atoms with E-state index in [9.17, 15) is 18.3 Å². The van der Waals surface area contributed by atoms with Gasteiger partial charge in [0.1, 0.15) is 5.75 Å². The number of phenolic OH excluding ortho intramolecular Hbond substituents is 1. The van der Waals surface area contributed by atoms with Crippen LogP contribution in [0.25, 0.3) is 11.1 Å². The Morgan fingerprint density at radius 3 is 2.03 bits per heavy atom. The Bertz CT molecular complexity index is 826. The first kappa shape index (κ1) is 27.5. The molecule has 0 aliphatic carbocycles. The Kier molecular flexibility index (Phi) is 9.05. The molecule has 8 heteroatoms. The van der Waals surface area contributed by atoms with E-state index in [4.69, 9.17) is 0 Å². The first-order valence-electron chi connectivity index (χ1n) is 8.83. The standard InChI is InChI=1S/C21H27F3N2O.2ClH/c1-19(2,3)14-9-13(11-26-20(4,5)6)18(27)16(10-14)15-7-8-25-12-17(15)21(22,23)24;;/h7-10,12,26-27H,11H2,1-6H3;2*1H. The summed E-state index contributed by atoms with van der Waals surface area (Å²) in [4.78, 5) is 3.62. The number of halogens is 5. The van der Waals surface area contributed by atoms with Crippen LogP contribution in [0, 0.1) is 0 Å². The van der Waals surface area contributed by atoms with Crippen molar-refractivity contribution in [2.24, 2.45) is 0 Å². The predicted molar refractivity (Wildman–Crippen MR) is 116 cm³/mol. The number of aromatic hydroxyl groups is 1. The molecule has 2 rings (SSSR count). The van der Waals surface area contributed by atoms with Crippen molar-refractivity contribution in [3.63, 3.8) is 0 Å². The van der Waals surface area contributed by atoms with Gasteiger partial charge < -0.3 is 10.4 Å². The number of hydrogen-bond acceptors (Lipinski definition) is 3. The maximum absolute atomic E-state index is 13.5. The Hall–Kier alpha value is -1.50. The van der Waals surface area contributed by atoms with Crippen LogP contribution in [0.2, 0.25) is 0 Å². The number of benzene rings is 1. The summed E-state index contributed by atoms with van der Waals surface area (Å²) in [6.45, 7) is 12.3. The molecule has 29 heavy (non-hydrogen) atoms. The lowest BCUT2D eigenvalue weighted by Gasteiger charge is -2.25. The first-order valence-corrected chi connectivity index (χ1v) is 8.83. The summed E-state index contributed by atoms with van der Waals surface area (Å²) >= 11 is 0. The molecule has 0 amide bonds. The van der Waals surface area contributed by atoms with E-state index in [1.807, 2.05) is 47.6 Å². The Morgan fingerprint density at radius 1 is 0.966 bits per heavy atom. The summed E-state index contributed by atoms with van der Waals surface area (Å²) in [6.07, 6.45) is -2.45. The largest absolute Gasteiger partial charge is 0.507 e. The van der Waals surface area contributed by atoms with Gasteiger partial charge in [0.25, 0.3) is 0 Å². The van der Waals surface area contributed by atoms with Gasteiger partial charge in [-0.3, -0.25) is 4.98 Å². The van der Waals surface area contributed by atoms with Gasteiger partial charge in [0, 0.05) is 41.2 Å². The fourth-order valence-electron chi connectivity index (χ4n) is 2.68. The van der Waals surface area contributed by atoms with Crippen molar-refractivity contribution in [2.75, 3.05) is 0 Å². The molecule has 164 valence electrons. The van der Waals surface area contributed by atoms with Gasteiger partial charge in [-0.2, -0.15) is 13.2 Å². The number of alkyl halides is 3. The van der Waals surface area contributed by atoms with Gasteiger partial charge in [-0.15, -0.1) is 24.8 Å². The number of aromatic nitrogens is 1. The molecule has 2 N–H and O–H groups in total. The highest BCUT2D eigenvalue weighted by Gasteiger charge is 2.35. The lowest BCUT2D eigenvalue weighted by atomic mass is 9.83. The smallest absolute Gasteiger partial charge is 0.418 e. The molecule has 3 nitrogen and oxygen atoms in total. The van der Waals surface area contributed by atoms with E-state index >= 15 is 0 Å². The van der Waals surface area contributed by atoms with Crippen LogP contribution in [0.1, 0.15) is 58.2 Å². The monoisotopic (exact) mass is 452 g/mol. The molecule has 2 aromatic rings. The van der Waals surface area contributed by atoms with Crippen LogP contribution < -0.4 is 5.32 Å². The van der Waals surface area contributed by atoms with Crippen molar-refractivity contribution in [1.82, 2.24) is 10.3 Å². The minimum atomic E-state index is -4.56. The maximum atomic E-state index is 13.5. The molecule has 0 radical (unpaired) electrons. The zero-order valence-corrected chi connectivity index (χ0v) is 19.1. The molecule has 0 unspecified atom stereocenters. The summed E-state index contributed by atoms with van der Waals surface area (Å²) in [5.41, 5.74) is 0.174. The lowest BCUT2D eigenvalue weighted by Crippen LogP contribution is -2.35. The maximum Gasteiger partial charge on any atom is 0.418 e. The topological polar surface area (TPSA) is 45.2 Å². The van der Waals surface area contributed by atoms with Crippen molar-refractivity contribution < 1.29 is 18.3 Å². The number of hydrogen-bond donors (Lipinski definition) is 2. The summed E-state index contributed by atoms with van der Waals surface area (Å²) < 4.78 is 40.4. The average Bonchev–Trinajstić information content (AvgIpc) is 2.51. The Labute approximate surface area is 183 Å². The second kappa shape index (κ2) is 9.54. The minimum Gasteiger partial charge on any atom is -0.507 e. The highest BCUT2D eigenvalue weighted by atomic mass is 35.5. The van der Waals surface area contributed by atoms with Crippen molar-refractivity contribution in [3.8, 4) is 16.9 Å². The van der Waals surface area contributed by atoms with Gasteiger partial charge in [0.05, 0.1) is 5.56 Å². The fourth-order valence-corrected chi connectivity index (χ4v) is 2.68. The SMILES string of the molecule is CC(C)(C)NCc1cc(C(C)(C)C)cc(-c2ccncc2C(F)(F)F)c1O.Cl.Cl. The zero-order chi connectivity index (χ0) is 20.6. The van der Waals surface area contributed by atoms with Gasteiger partial charge in [-0.25, -0.2) is 0 Å². The molecule has 0 bridgehead atoms. The average molecular weight is 453 g/mol. The molecule has 0 spiro atoms. The molecule has 0 atom stereocenters. The summed E-state index contributed by atoms with van der Waals surface area (Å²) in [5, 5.41) is 14.1. The summed E-state index contributed by atoms with van der Waals surface area (Å²) in [6, 6.07) is 4.79. The predicted octanol–water partition coefficient (Wildman–Crippen LogP) is 6.50. The van der Waals surface area contributed by atoms with E-state index in [0.29, 0.717) is 12.1 Å². The van der Waals surface area contributed by atoms with Crippen LogP contribution >= 0.6 is 24.8 Å². The van der Waals surface area contributed by atoms with Crippen LogP contribution in [-0.4, -0.2) is 15.6 Å². The lowest BCUT2D eigenvalue weighted by molar-refractivity contribution is -0.137. The molecule has 0 aliphatic rings. The number of nitrogens with zero attached hydrogens (tertiary/aromatic N) is 1. The third kappa shape index (κ3) is 7.05. The molecule has 0 fully saturated rings. The first-order chi connectivity index (χ1) is 12.2. The highest BCUT2D eigenvalue weighted by molar-refractivity contribution is 5.85. The van der Waals surface area contributed by atoms with Crippen LogP contribution in [-0.2, 0) is 18.1 Å². The van der Waals surface area contributed by atoms with Gasteiger partial charge in [-0.1, -0.05) is 26.8 Å². The van der Waals surface area contributed by atoms with E-state index in [1.165, 1.54) is 12.3 Å². The molecular weight excluding hydrogens is 424 g/mol. The van der Waals surface area contributed by atoms with Gasteiger partial charge in [0.2, 0.25) is 0 Å². The minimum absolute atomic E-state index is 0. The van der Waals surface area contributed by atoms with Crippen LogP contribution in [0.5, 0.6) is 5.75 Å². The molecule has 1 aromatic carbocycles. The second-order valence-electron chi connectivity index (χ2n) is 8.80. The van der Waals surface area contributed by atoms with E-state index in [2.05, 4.69) is 10.3 Å². The normalized spacial score (nSPS) is 12.2. The quantitative estimate of drug-likeness (QED) is 0.558.